The number of hydrogen-bond donors (Lipinski definition) is 1. The molecule has 0 aromatic rings. The first-order valence-corrected chi connectivity index (χ1v) is 9.59. The first kappa shape index (κ1) is 29.6. The highest BCUT2D eigenvalue weighted by Gasteiger charge is 2.75. The molecule has 0 spiro atoms. The van der Waals surface area contributed by atoms with Gasteiger partial charge in [0.2, 0.25) is 0 Å². The number of aliphatic hydroxyl groups is 1. The van der Waals surface area contributed by atoms with Crippen molar-refractivity contribution >= 4 is 5.97 Å². The van der Waals surface area contributed by atoms with Crippen LogP contribution in [0.1, 0.15) is 46.5 Å². The third-order valence-electron chi connectivity index (χ3n) is 6.04. The smallest absolute Gasteiger partial charge is 0.426 e. The molecule has 1 rings (SSSR count). The van der Waals surface area contributed by atoms with Gasteiger partial charge >= 0.3 is 30.7 Å². The predicted molar refractivity (Wildman–Crippen MR) is 87.4 cm³/mol. The molecule has 15 heteroatoms. The summed E-state index contributed by atoms with van der Waals surface area (Å²) in [6.45, 7) is 3.95. The van der Waals surface area contributed by atoms with E-state index in [4.69, 9.17) is 4.74 Å². The lowest BCUT2D eigenvalue weighted by Crippen LogP contribution is -2.64. The van der Waals surface area contributed by atoms with Crippen molar-refractivity contribution in [2.75, 3.05) is 0 Å². The van der Waals surface area contributed by atoms with Gasteiger partial charge in [0, 0.05) is 5.92 Å². The number of carbonyl (C=O) groups excluding carboxylic acids is 1. The molecule has 1 aliphatic rings. The number of alkyl halides is 12. The number of rotatable bonds is 5. The van der Waals surface area contributed by atoms with E-state index in [1.54, 1.807) is 0 Å². The Labute approximate surface area is 180 Å². The summed E-state index contributed by atoms with van der Waals surface area (Å²) in [7, 11) is 0. The van der Waals surface area contributed by atoms with Crippen LogP contribution in [0, 0.1) is 23.2 Å². The SMILES string of the molecule is CCC(C)(C)C(=O)OC1CC(C(C(F)(F)F)C(F)(F)F)CC(C(O)(C(F)(F)F)C(F)(F)F)C1. The van der Waals surface area contributed by atoms with E-state index in [-0.39, 0.29) is 6.42 Å². The van der Waals surface area contributed by atoms with E-state index in [1.807, 2.05) is 0 Å². The molecular formula is C18H22F12O3. The lowest BCUT2D eigenvalue weighted by Gasteiger charge is -2.46. The van der Waals surface area contributed by atoms with Crippen LogP contribution >= 0.6 is 0 Å². The Bertz CT molecular complexity index is 662. The summed E-state index contributed by atoms with van der Waals surface area (Å²) in [5.41, 5.74) is -6.99. The molecule has 1 aliphatic carbocycles. The molecule has 0 aromatic heterocycles. The van der Waals surface area contributed by atoms with E-state index < -0.39 is 84.8 Å². The minimum atomic E-state index is -6.49. The Hall–Kier alpha value is -1.41. The van der Waals surface area contributed by atoms with Gasteiger partial charge in [-0.1, -0.05) is 6.92 Å². The highest BCUT2D eigenvalue weighted by molar-refractivity contribution is 5.76. The van der Waals surface area contributed by atoms with E-state index in [0.29, 0.717) is 0 Å². The molecular weight excluding hydrogens is 492 g/mol. The van der Waals surface area contributed by atoms with Crippen molar-refractivity contribution in [3.05, 3.63) is 0 Å². The fourth-order valence-corrected chi connectivity index (χ4v) is 3.82. The molecule has 1 N–H and O–H groups in total. The van der Waals surface area contributed by atoms with Crippen LogP contribution in [0.15, 0.2) is 0 Å². The van der Waals surface area contributed by atoms with Gasteiger partial charge in [-0.25, -0.2) is 0 Å². The average molecular weight is 514 g/mol. The summed E-state index contributed by atoms with van der Waals surface area (Å²) >= 11 is 0. The Morgan fingerprint density at radius 2 is 1.27 bits per heavy atom. The molecule has 0 heterocycles. The molecule has 3 unspecified atom stereocenters. The number of ether oxygens (including phenoxy) is 1. The molecule has 0 radical (unpaired) electrons. The number of halogens is 12. The van der Waals surface area contributed by atoms with Gasteiger partial charge in [0.05, 0.1) is 5.41 Å². The fourth-order valence-electron chi connectivity index (χ4n) is 3.82. The van der Waals surface area contributed by atoms with Crippen molar-refractivity contribution < 1.29 is 67.3 Å². The summed E-state index contributed by atoms with van der Waals surface area (Å²) in [5, 5.41) is 9.62. The van der Waals surface area contributed by atoms with Gasteiger partial charge in [-0.15, -0.1) is 0 Å². The maximum atomic E-state index is 13.3. The quantitative estimate of drug-likeness (QED) is 0.344. The Morgan fingerprint density at radius 1 is 0.848 bits per heavy atom. The van der Waals surface area contributed by atoms with Crippen LogP contribution in [-0.2, 0) is 9.53 Å². The molecule has 3 atom stereocenters. The van der Waals surface area contributed by atoms with Gasteiger partial charge in [0.1, 0.15) is 6.10 Å². The van der Waals surface area contributed by atoms with Gasteiger partial charge in [-0.2, -0.15) is 52.7 Å². The van der Waals surface area contributed by atoms with E-state index in [9.17, 15) is 62.6 Å². The minimum Gasteiger partial charge on any atom is -0.462 e. The third-order valence-corrected chi connectivity index (χ3v) is 6.04. The van der Waals surface area contributed by atoms with Crippen LogP contribution in [0.25, 0.3) is 0 Å². The lowest BCUT2D eigenvalue weighted by molar-refractivity contribution is -0.391. The molecule has 1 saturated carbocycles. The van der Waals surface area contributed by atoms with Crippen LogP contribution < -0.4 is 0 Å². The van der Waals surface area contributed by atoms with Crippen LogP contribution in [0.2, 0.25) is 0 Å². The summed E-state index contributed by atoms with van der Waals surface area (Å²) in [6, 6.07) is 0. The monoisotopic (exact) mass is 514 g/mol. The minimum absolute atomic E-state index is 0.0359. The molecule has 0 aromatic carbocycles. The Morgan fingerprint density at radius 3 is 1.61 bits per heavy atom. The van der Waals surface area contributed by atoms with Gasteiger partial charge in [-0.3, -0.25) is 4.79 Å². The zero-order valence-corrected chi connectivity index (χ0v) is 17.4. The summed E-state index contributed by atoms with van der Waals surface area (Å²) in [4.78, 5) is 12.2. The zero-order chi connectivity index (χ0) is 26.4. The van der Waals surface area contributed by atoms with Crippen LogP contribution in [0.4, 0.5) is 52.7 Å². The molecule has 0 amide bonds. The largest absolute Gasteiger partial charge is 0.462 e. The van der Waals surface area contributed by atoms with E-state index >= 15 is 0 Å². The maximum Gasteiger partial charge on any atom is 0.426 e. The van der Waals surface area contributed by atoms with E-state index in [2.05, 4.69) is 0 Å². The van der Waals surface area contributed by atoms with Gasteiger partial charge in [0.25, 0.3) is 5.60 Å². The molecule has 1 fully saturated rings. The van der Waals surface area contributed by atoms with Crippen molar-refractivity contribution in [3.8, 4) is 0 Å². The topological polar surface area (TPSA) is 46.5 Å². The summed E-state index contributed by atoms with van der Waals surface area (Å²) < 4.78 is 164. The Balaban J connectivity index is 3.57. The number of carbonyl (C=O) groups is 1. The van der Waals surface area contributed by atoms with Crippen molar-refractivity contribution in [3.63, 3.8) is 0 Å². The highest BCUT2D eigenvalue weighted by atomic mass is 19.4. The molecule has 196 valence electrons. The standard InChI is InChI=1S/C18H22F12O3/c1-4-13(2,3)12(31)33-10-6-8(11(15(19,20)21)16(22,23)24)5-9(7-10)14(32,17(25,26)27)18(28,29)30/h8-11,32H,4-7H2,1-3H3. The summed E-state index contributed by atoms with van der Waals surface area (Å²) in [5.74, 6) is -11.6. The first-order valence-electron chi connectivity index (χ1n) is 9.59. The zero-order valence-electron chi connectivity index (χ0n) is 17.4. The van der Waals surface area contributed by atoms with Crippen LogP contribution in [-0.4, -0.2) is 47.5 Å². The van der Waals surface area contributed by atoms with Gasteiger partial charge < -0.3 is 9.84 Å². The number of esters is 1. The van der Waals surface area contributed by atoms with Crippen molar-refractivity contribution in [1.82, 2.24) is 0 Å². The maximum absolute atomic E-state index is 13.3. The van der Waals surface area contributed by atoms with Crippen molar-refractivity contribution in [2.24, 2.45) is 23.2 Å². The molecule has 33 heavy (non-hydrogen) atoms. The first-order chi connectivity index (χ1) is 14.4. The third kappa shape index (κ3) is 6.18. The molecule has 3 nitrogen and oxygen atoms in total. The van der Waals surface area contributed by atoms with Gasteiger partial charge in [-0.05, 0) is 45.4 Å². The van der Waals surface area contributed by atoms with Gasteiger partial charge in [0.15, 0.2) is 5.92 Å². The molecule has 0 saturated heterocycles. The highest BCUT2D eigenvalue weighted by Crippen LogP contribution is 2.56. The fraction of sp³-hybridized carbons (Fsp3) is 0.944. The normalized spacial score (nSPS) is 24.2. The number of hydrogen-bond acceptors (Lipinski definition) is 3. The van der Waals surface area contributed by atoms with Crippen molar-refractivity contribution in [1.29, 1.82) is 0 Å². The van der Waals surface area contributed by atoms with Crippen LogP contribution in [0.3, 0.4) is 0 Å². The summed E-state index contributed by atoms with van der Waals surface area (Å²) in [6.07, 6.45) is -31.9. The lowest BCUT2D eigenvalue weighted by atomic mass is 9.67. The second-order valence-electron chi connectivity index (χ2n) is 8.75. The van der Waals surface area contributed by atoms with Crippen molar-refractivity contribution in [2.45, 2.75) is 82.9 Å². The molecule has 0 bridgehead atoms. The molecule has 0 aliphatic heterocycles. The average Bonchev–Trinajstić information content (AvgIpc) is 2.56. The van der Waals surface area contributed by atoms with E-state index in [0.717, 1.165) is 0 Å². The Kier molecular flexibility index (Phi) is 8.07. The second-order valence-corrected chi connectivity index (χ2v) is 8.75. The second kappa shape index (κ2) is 8.99. The predicted octanol–water partition coefficient (Wildman–Crippen LogP) is 6.35. The van der Waals surface area contributed by atoms with Crippen LogP contribution in [0.5, 0.6) is 0 Å². The van der Waals surface area contributed by atoms with E-state index in [1.165, 1.54) is 20.8 Å².